The van der Waals surface area contributed by atoms with Crippen LogP contribution < -0.4 is 10.6 Å². The van der Waals surface area contributed by atoms with Gasteiger partial charge in [0.25, 0.3) is 0 Å². The molecular weight excluding hydrogens is 247 g/mol. The SMILES string of the molecule is CC(C)CNC(=O)CNc1nc(Cl)ncc1F. The zero-order chi connectivity index (χ0) is 12.8. The molecule has 2 N–H and O–H groups in total. The highest BCUT2D eigenvalue weighted by atomic mass is 35.5. The van der Waals surface area contributed by atoms with Crippen LogP contribution >= 0.6 is 11.6 Å². The quantitative estimate of drug-likeness (QED) is 0.787. The molecule has 94 valence electrons. The Morgan fingerprint density at radius 2 is 2.29 bits per heavy atom. The molecule has 5 nitrogen and oxygen atoms in total. The minimum absolute atomic E-state index is 0.0585. The highest BCUT2D eigenvalue weighted by molar-refractivity contribution is 6.28. The van der Waals surface area contributed by atoms with Crippen LogP contribution in [-0.2, 0) is 4.79 Å². The van der Waals surface area contributed by atoms with Gasteiger partial charge in [-0.05, 0) is 17.5 Å². The van der Waals surface area contributed by atoms with Crippen molar-refractivity contribution in [3.05, 3.63) is 17.3 Å². The van der Waals surface area contributed by atoms with Gasteiger partial charge in [-0.15, -0.1) is 0 Å². The summed E-state index contributed by atoms with van der Waals surface area (Å²) < 4.78 is 13.2. The summed E-state index contributed by atoms with van der Waals surface area (Å²) in [7, 11) is 0. The van der Waals surface area contributed by atoms with Crippen LogP contribution in [0.5, 0.6) is 0 Å². The van der Waals surface area contributed by atoms with Crippen LogP contribution in [0.3, 0.4) is 0 Å². The third kappa shape index (κ3) is 4.95. The molecule has 1 rings (SSSR count). The fourth-order valence-electron chi connectivity index (χ4n) is 1.01. The van der Waals surface area contributed by atoms with Crippen LogP contribution in [0.2, 0.25) is 5.28 Å². The van der Waals surface area contributed by atoms with Gasteiger partial charge in [0, 0.05) is 6.54 Å². The number of amides is 1. The van der Waals surface area contributed by atoms with Gasteiger partial charge in [0.2, 0.25) is 11.2 Å². The molecule has 1 heterocycles. The van der Waals surface area contributed by atoms with E-state index in [0.717, 1.165) is 6.20 Å². The Balaban J connectivity index is 2.44. The first-order valence-electron chi connectivity index (χ1n) is 5.17. The molecule has 0 radical (unpaired) electrons. The molecule has 0 aliphatic heterocycles. The van der Waals surface area contributed by atoms with E-state index in [1.807, 2.05) is 13.8 Å². The standard InChI is InChI=1S/C10H14ClFN4O/c1-6(2)3-13-8(17)5-14-9-7(12)4-15-10(11)16-9/h4,6H,3,5H2,1-2H3,(H,13,17)(H,14,15,16). The van der Waals surface area contributed by atoms with E-state index in [4.69, 9.17) is 11.6 Å². The fraction of sp³-hybridized carbons (Fsp3) is 0.500. The molecule has 0 aromatic carbocycles. The van der Waals surface area contributed by atoms with Crippen molar-refractivity contribution in [3.8, 4) is 0 Å². The molecular formula is C10H14ClFN4O. The zero-order valence-electron chi connectivity index (χ0n) is 9.63. The molecule has 0 saturated carbocycles. The van der Waals surface area contributed by atoms with Gasteiger partial charge in [0.15, 0.2) is 11.6 Å². The lowest BCUT2D eigenvalue weighted by molar-refractivity contribution is -0.119. The highest BCUT2D eigenvalue weighted by Gasteiger charge is 2.07. The van der Waals surface area contributed by atoms with Crippen molar-refractivity contribution >= 4 is 23.3 Å². The molecule has 0 aliphatic carbocycles. The van der Waals surface area contributed by atoms with E-state index in [1.54, 1.807) is 0 Å². The van der Waals surface area contributed by atoms with E-state index in [9.17, 15) is 9.18 Å². The number of anilines is 1. The Morgan fingerprint density at radius 1 is 1.59 bits per heavy atom. The van der Waals surface area contributed by atoms with Crippen molar-refractivity contribution in [2.24, 2.45) is 5.92 Å². The number of hydrogen-bond acceptors (Lipinski definition) is 4. The molecule has 1 amide bonds. The van der Waals surface area contributed by atoms with Crippen molar-refractivity contribution in [3.63, 3.8) is 0 Å². The van der Waals surface area contributed by atoms with Gasteiger partial charge < -0.3 is 10.6 Å². The first-order chi connectivity index (χ1) is 7.99. The molecule has 0 aliphatic rings. The van der Waals surface area contributed by atoms with Crippen molar-refractivity contribution < 1.29 is 9.18 Å². The number of carbonyl (C=O) groups excluding carboxylic acids is 1. The molecule has 0 spiro atoms. The Hall–Kier alpha value is -1.43. The predicted octanol–water partition coefficient (Wildman–Crippen LogP) is 1.45. The number of halogens is 2. The maximum absolute atomic E-state index is 13.2. The summed E-state index contributed by atoms with van der Waals surface area (Å²) in [5.74, 6) is -0.590. The summed E-state index contributed by atoms with van der Waals surface area (Å²) in [6, 6.07) is 0. The minimum atomic E-state index is -0.647. The van der Waals surface area contributed by atoms with Crippen LogP contribution in [0, 0.1) is 11.7 Å². The summed E-state index contributed by atoms with van der Waals surface area (Å²) in [6.45, 7) is 4.49. The number of hydrogen-bond donors (Lipinski definition) is 2. The topological polar surface area (TPSA) is 66.9 Å². The normalized spacial score (nSPS) is 10.4. The van der Waals surface area contributed by atoms with Crippen molar-refractivity contribution in [1.82, 2.24) is 15.3 Å². The molecule has 17 heavy (non-hydrogen) atoms. The second kappa shape index (κ2) is 6.34. The van der Waals surface area contributed by atoms with Crippen LogP contribution in [0.4, 0.5) is 10.2 Å². The lowest BCUT2D eigenvalue weighted by Crippen LogP contribution is -2.32. The van der Waals surface area contributed by atoms with E-state index in [-0.39, 0.29) is 23.6 Å². The zero-order valence-corrected chi connectivity index (χ0v) is 10.4. The number of aromatic nitrogens is 2. The van der Waals surface area contributed by atoms with Gasteiger partial charge >= 0.3 is 0 Å². The number of rotatable bonds is 5. The Morgan fingerprint density at radius 3 is 2.94 bits per heavy atom. The molecule has 0 bridgehead atoms. The van der Waals surface area contributed by atoms with Crippen LogP contribution in [0.1, 0.15) is 13.8 Å². The van der Waals surface area contributed by atoms with Crippen LogP contribution in [0.15, 0.2) is 6.20 Å². The van der Waals surface area contributed by atoms with Gasteiger partial charge in [0.1, 0.15) is 0 Å². The Bertz CT molecular complexity index is 400. The van der Waals surface area contributed by atoms with Gasteiger partial charge in [0.05, 0.1) is 12.7 Å². The Kier molecular flexibility index (Phi) is 5.09. The van der Waals surface area contributed by atoms with Gasteiger partial charge in [-0.25, -0.2) is 9.37 Å². The third-order valence-corrected chi connectivity index (χ3v) is 2.02. The number of nitrogens with zero attached hydrogens (tertiary/aromatic N) is 2. The van der Waals surface area contributed by atoms with Gasteiger partial charge in [-0.2, -0.15) is 4.98 Å². The summed E-state index contributed by atoms with van der Waals surface area (Å²) >= 11 is 5.51. The molecule has 1 aromatic heterocycles. The number of nitrogens with one attached hydrogen (secondary N) is 2. The van der Waals surface area contributed by atoms with Crippen molar-refractivity contribution in [2.75, 3.05) is 18.4 Å². The summed E-state index contributed by atoms with van der Waals surface area (Å²) in [5, 5.41) is 5.17. The maximum Gasteiger partial charge on any atom is 0.239 e. The largest absolute Gasteiger partial charge is 0.358 e. The predicted molar refractivity (Wildman–Crippen MR) is 63.3 cm³/mol. The second-order valence-corrected chi connectivity index (χ2v) is 4.23. The van der Waals surface area contributed by atoms with Crippen molar-refractivity contribution in [2.45, 2.75) is 13.8 Å². The molecule has 0 unspecified atom stereocenters. The summed E-state index contributed by atoms with van der Waals surface area (Å²) in [5.41, 5.74) is 0. The molecule has 0 fully saturated rings. The van der Waals surface area contributed by atoms with Gasteiger partial charge in [-0.3, -0.25) is 4.79 Å². The lowest BCUT2D eigenvalue weighted by atomic mass is 10.2. The minimum Gasteiger partial charge on any atom is -0.358 e. The fourth-order valence-corrected chi connectivity index (χ4v) is 1.15. The van der Waals surface area contributed by atoms with E-state index < -0.39 is 5.82 Å². The highest BCUT2D eigenvalue weighted by Crippen LogP contribution is 2.11. The maximum atomic E-state index is 13.2. The summed E-state index contributed by atoms with van der Waals surface area (Å²) in [6.07, 6.45) is 0.948. The monoisotopic (exact) mass is 260 g/mol. The molecule has 1 aromatic rings. The molecule has 7 heteroatoms. The average Bonchev–Trinajstić information content (AvgIpc) is 2.27. The first kappa shape index (κ1) is 13.6. The lowest BCUT2D eigenvalue weighted by Gasteiger charge is -2.09. The Labute approximate surface area is 104 Å². The number of carbonyl (C=O) groups is 1. The molecule has 0 atom stereocenters. The smallest absolute Gasteiger partial charge is 0.239 e. The summed E-state index contributed by atoms with van der Waals surface area (Å²) in [4.78, 5) is 18.4. The van der Waals surface area contributed by atoms with E-state index in [2.05, 4.69) is 20.6 Å². The van der Waals surface area contributed by atoms with E-state index in [0.29, 0.717) is 12.5 Å². The van der Waals surface area contributed by atoms with Crippen LogP contribution in [0.25, 0.3) is 0 Å². The van der Waals surface area contributed by atoms with Crippen LogP contribution in [-0.4, -0.2) is 29.0 Å². The van der Waals surface area contributed by atoms with E-state index in [1.165, 1.54) is 0 Å². The average molecular weight is 261 g/mol. The third-order valence-electron chi connectivity index (χ3n) is 1.84. The van der Waals surface area contributed by atoms with E-state index >= 15 is 0 Å². The van der Waals surface area contributed by atoms with Crippen molar-refractivity contribution in [1.29, 1.82) is 0 Å². The first-order valence-corrected chi connectivity index (χ1v) is 5.55. The second-order valence-electron chi connectivity index (χ2n) is 3.89. The molecule has 0 saturated heterocycles. The van der Waals surface area contributed by atoms with Gasteiger partial charge in [-0.1, -0.05) is 13.8 Å².